The van der Waals surface area contributed by atoms with E-state index in [1.54, 1.807) is 0 Å². The van der Waals surface area contributed by atoms with Crippen LogP contribution in [0.2, 0.25) is 0 Å². The summed E-state index contributed by atoms with van der Waals surface area (Å²) in [5.41, 5.74) is 5.77. The Balaban J connectivity index is 2.30. The van der Waals surface area contributed by atoms with Gasteiger partial charge in [0.1, 0.15) is 17.5 Å². The summed E-state index contributed by atoms with van der Waals surface area (Å²) in [6.45, 7) is 5.36. The molecule has 0 aromatic carbocycles. The fourth-order valence-electron chi connectivity index (χ4n) is 2.08. The third kappa shape index (κ3) is 2.03. The molecule has 1 aromatic rings. The molecule has 82 valence electrons. The lowest BCUT2D eigenvalue weighted by atomic mass is 10.2. The second-order valence-electron chi connectivity index (χ2n) is 4.11. The van der Waals surface area contributed by atoms with Crippen molar-refractivity contribution in [3.05, 3.63) is 11.9 Å². The molecule has 0 aliphatic carbocycles. The van der Waals surface area contributed by atoms with E-state index in [0.29, 0.717) is 11.9 Å². The lowest BCUT2D eigenvalue weighted by Crippen LogP contribution is -2.27. The molecule has 2 rings (SSSR count). The number of nitrogen functional groups attached to an aromatic ring is 1. The molecule has 0 amide bonds. The molecule has 1 atom stereocenters. The average Bonchev–Trinajstić information content (AvgIpc) is 2.63. The van der Waals surface area contributed by atoms with Crippen molar-refractivity contribution in [3.63, 3.8) is 0 Å². The highest BCUT2D eigenvalue weighted by molar-refractivity contribution is 5.48. The largest absolute Gasteiger partial charge is 0.384 e. The molecule has 4 heteroatoms. The molecule has 1 fully saturated rings. The highest BCUT2D eigenvalue weighted by Gasteiger charge is 2.22. The molecule has 1 unspecified atom stereocenters. The predicted molar refractivity (Wildman–Crippen MR) is 61.9 cm³/mol. The summed E-state index contributed by atoms with van der Waals surface area (Å²) in [7, 11) is 0. The Labute approximate surface area is 90.5 Å². The van der Waals surface area contributed by atoms with E-state index in [1.807, 2.05) is 13.0 Å². The van der Waals surface area contributed by atoms with Gasteiger partial charge < -0.3 is 10.6 Å². The number of rotatable bonds is 2. The zero-order valence-corrected chi connectivity index (χ0v) is 9.40. The fourth-order valence-corrected chi connectivity index (χ4v) is 2.08. The molecule has 0 bridgehead atoms. The van der Waals surface area contributed by atoms with Gasteiger partial charge in [0.15, 0.2) is 0 Å². The van der Waals surface area contributed by atoms with Gasteiger partial charge >= 0.3 is 0 Å². The van der Waals surface area contributed by atoms with Crippen molar-refractivity contribution in [2.24, 2.45) is 0 Å². The standard InChI is InChI=1S/C11H18N4/c1-3-10-13-9(12)7-11(14-10)15-6-4-5-8(15)2/h7-8H,3-6H2,1-2H3,(H2,12,13,14). The van der Waals surface area contributed by atoms with Gasteiger partial charge in [-0.15, -0.1) is 0 Å². The molecule has 0 radical (unpaired) electrons. The summed E-state index contributed by atoms with van der Waals surface area (Å²) >= 11 is 0. The van der Waals surface area contributed by atoms with E-state index in [0.717, 1.165) is 24.6 Å². The molecule has 15 heavy (non-hydrogen) atoms. The lowest BCUT2D eigenvalue weighted by molar-refractivity contribution is 0.722. The number of aromatic nitrogens is 2. The molecule has 4 nitrogen and oxygen atoms in total. The van der Waals surface area contributed by atoms with Crippen molar-refractivity contribution in [1.82, 2.24) is 9.97 Å². The van der Waals surface area contributed by atoms with Crippen molar-refractivity contribution in [1.29, 1.82) is 0 Å². The molecule has 1 aliphatic rings. The van der Waals surface area contributed by atoms with E-state index >= 15 is 0 Å². The van der Waals surface area contributed by atoms with Crippen molar-refractivity contribution >= 4 is 11.6 Å². The highest BCUT2D eigenvalue weighted by atomic mass is 15.2. The summed E-state index contributed by atoms with van der Waals surface area (Å²) in [5.74, 6) is 2.41. The van der Waals surface area contributed by atoms with Gasteiger partial charge in [-0.2, -0.15) is 0 Å². The van der Waals surface area contributed by atoms with Crippen LogP contribution in [0.3, 0.4) is 0 Å². The first-order valence-corrected chi connectivity index (χ1v) is 5.60. The summed E-state index contributed by atoms with van der Waals surface area (Å²) in [6.07, 6.45) is 3.32. The van der Waals surface area contributed by atoms with Gasteiger partial charge in [0, 0.05) is 25.1 Å². The van der Waals surface area contributed by atoms with Crippen LogP contribution < -0.4 is 10.6 Å². The second kappa shape index (κ2) is 4.04. The van der Waals surface area contributed by atoms with Crippen LogP contribution >= 0.6 is 0 Å². The Bertz CT molecular complexity index is 350. The normalized spacial score (nSPS) is 20.9. The minimum absolute atomic E-state index is 0.573. The van der Waals surface area contributed by atoms with Gasteiger partial charge in [-0.3, -0.25) is 0 Å². The summed E-state index contributed by atoms with van der Waals surface area (Å²) in [6, 6.07) is 2.45. The van der Waals surface area contributed by atoms with Crippen LogP contribution in [0.4, 0.5) is 11.6 Å². The fraction of sp³-hybridized carbons (Fsp3) is 0.636. The number of nitrogens with zero attached hydrogens (tertiary/aromatic N) is 3. The third-order valence-corrected chi connectivity index (χ3v) is 2.94. The molecular weight excluding hydrogens is 188 g/mol. The number of anilines is 2. The molecular formula is C11H18N4. The molecule has 2 heterocycles. The summed E-state index contributed by atoms with van der Waals surface area (Å²) in [5, 5.41) is 0. The molecule has 1 aromatic heterocycles. The van der Waals surface area contributed by atoms with Gasteiger partial charge in [-0.25, -0.2) is 9.97 Å². The lowest BCUT2D eigenvalue weighted by Gasteiger charge is -2.22. The van der Waals surface area contributed by atoms with Crippen LogP contribution in [0, 0.1) is 0 Å². The third-order valence-electron chi connectivity index (χ3n) is 2.94. The zero-order valence-electron chi connectivity index (χ0n) is 9.40. The zero-order chi connectivity index (χ0) is 10.8. The Kier molecular flexibility index (Phi) is 2.75. The van der Waals surface area contributed by atoms with E-state index in [2.05, 4.69) is 21.8 Å². The molecule has 0 spiro atoms. The van der Waals surface area contributed by atoms with Gasteiger partial charge in [-0.1, -0.05) is 6.92 Å². The first kappa shape index (κ1) is 10.2. The van der Waals surface area contributed by atoms with E-state index in [4.69, 9.17) is 5.73 Å². The number of aryl methyl sites for hydroxylation is 1. The predicted octanol–water partition coefficient (Wildman–Crippen LogP) is 1.61. The Morgan fingerprint density at radius 2 is 2.33 bits per heavy atom. The maximum Gasteiger partial charge on any atom is 0.134 e. The van der Waals surface area contributed by atoms with Gasteiger partial charge in [0.05, 0.1) is 0 Å². The van der Waals surface area contributed by atoms with Gasteiger partial charge in [0.25, 0.3) is 0 Å². The monoisotopic (exact) mass is 206 g/mol. The summed E-state index contributed by atoms with van der Waals surface area (Å²) < 4.78 is 0. The van der Waals surface area contributed by atoms with Crippen LogP contribution in [0.25, 0.3) is 0 Å². The number of hydrogen-bond donors (Lipinski definition) is 1. The smallest absolute Gasteiger partial charge is 0.134 e. The van der Waals surface area contributed by atoms with Gasteiger partial charge in [-0.05, 0) is 19.8 Å². The van der Waals surface area contributed by atoms with Crippen LogP contribution in [-0.2, 0) is 6.42 Å². The highest BCUT2D eigenvalue weighted by Crippen LogP contribution is 2.24. The maximum atomic E-state index is 5.77. The van der Waals surface area contributed by atoms with E-state index in [-0.39, 0.29) is 0 Å². The van der Waals surface area contributed by atoms with Crippen molar-refractivity contribution in [2.75, 3.05) is 17.2 Å². The average molecular weight is 206 g/mol. The number of hydrogen-bond acceptors (Lipinski definition) is 4. The minimum atomic E-state index is 0.573. The van der Waals surface area contributed by atoms with Crippen molar-refractivity contribution < 1.29 is 0 Å². The Hall–Kier alpha value is -1.32. The van der Waals surface area contributed by atoms with Crippen LogP contribution in [0.15, 0.2) is 6.07 Å². The first-order chi connectivity index (χ1) is 7.20. The Morgan fingerprint density at radius 3 is 2.93 bits per heavy atom. The van der Waals surface area contributed by atoms with E-state index in [1.165, 1.54) is 12.8 Å². The van der Waals surface area contributed by atoms with Crippen molar-refractivity contribution in [2.45, 2.75) is 39.2 Å². The quantitative estimate of drug-likeness (QED) is 0.798. The molecule has 1 saturated heterocycles. The van der Waals surface area contributed by atoms with Crippen molar-refractivity contribution in [3.8, 4) is 0 Å². The second-order valence-corrected chi connectivity index (χ2v) is 4.11. The van der Waals surface area contributed by atoms with Crippen LogP contribution in [-0.4, -0.2) is 22.6 Å². The molecule has 1 aliphatic heterocycles. The topological polar surface area (TPSA) is 55.0 Å². The van der Waals surface area contributed by atoms with Crippen LogP contribution in [0.5, 0.6) is 0 Å². The molecule has 2 N–H and O–H groups in total. The van der Waals surface area contributed by atoms with E-state index < -0.39 is 0 Å². The minimum Gasteiger partial charge on any atom is -0.384 e. The Morgan fingerprint density at radius 1 is 1.53 bits per heavy atom. The van der Waals surface area contributed by atoms with Gasteiger partial charge in [0.2, 0.25) is 0 Å². The number of nitrogens with two attached hydrogens (primary N) is 1. The summed E-state index contributed by atoms with van der Waals surface area (Å²) in [4.78, 5) is 11.0. The SMILES string of the molecule is CCc1nc(N)cc(N2CCCC2C)n1. The molecule has 0 saturated carbocycles. The van der Waals surface area contributed by atoms with Crippen LogP contribution in [0.1, 0.15) is 32.5 Å². The first-order valence-electron chi connectivity index (χ1n) is 5.60. The van der Waals surface area contributed by atoms with E-state index in [9.17, 15) is 0 Å². The maximum absolute atomic E-state index is 5.77.